The number of aromatic nitrogens is 2. The van der Waals surface area contributed by atoms with E-state index in [1.54, 1.807) is 11.3 Å². The van der Waals surface area contributed by atoms with Crippen molar-refractivity contribution >= 4 is 44.7 Å². The first-order valence-electron chi connectivity index (χ1n) is 6.85. The number of anilines is 2. The van der Waals surface area contributed by atoms with Crippen LogP contribution in [0.25, 0.3) is 10.2 Å². The normalized spacial score (nSPS) is 12.6. The summed E-state index contributed by atoms with van der Waals surface area (Å²) in [6.45, 7) is 6.39. The van der Waals surface area contributed by atoms with Crippen LogP contribution in [0.4, 0.5) is 11.8 Å². The molecule has 21 heavy (non-hydrogen) atoms. The Morgan fingerprint density at radius 2 is 1.90 bits per heavy atom. The summed E-state index contributed by atoms with van der Waals surface area (Å²) in [6.07, 6.45) is 0. The Bertz CT molecular complexity index is 775. The molecule has 2 N–H and O–H groups in total. The lowest BCUT2D eigenvalue weighted by Crippen LogP contribution is -2.08. The zero-order chi connectivity index (χ0) is 15.0. The molecule has 0 saturated carbocycles. The molecule has 0 aliphatic rings. The van der Waals surface area contributed by atoms with Gasteiger partial charge in [-0.15, -0.1) is 22.7 Å². The van der Waals surface area contributed by atoms with Gasteiger partial charge in [-0.3, -0.25) is 0 Å². The van der Waals surface area contributed by atoms with Crippen LogP contribution in [0.15, 0.2) is 18.2 Å². The van der Waals surface area contributed by atoms with Gasteiger partial charge in [0.2, 0.25) is 5.95 Å². The van der Waals surface area contributed by atoms with Crippen LogP contribution < -0.4 is 10.6 Å². The van der Waals surface area contributed by atoms with Crippen molar-refractivity contribution in [2.75, 3.05) is 17.7 Å². The summed E-state index contributed by atoms with van der Waals surface area (Å²) in [4.78, 5) is 14.0. The zero-order valence-electron chi connectivity index (χ0n) is 12.5. The quantitative estimate of drug-likeness (QED) is 0.739. The molecule has 0 saturated heterocycles. The summed E-state index contributed by atoms with van der Waals surface area (Å²) in [5, 5.41) is 7.66. The number of nitrogens with one attached hydrogen (secondary N) is 2. The molecular weight excluding hydrogens is 300 g/mol. The van der Waals surface area contributed by atoms with E-state index in [0.29, 0.717) is 5.95 Å². The van der Waals surface area contributed by atoms with Gasteiger partial charge in [0.1, 0.15) is 10.6 Å². The molecule has 1 unspecified atom stereocenters. The first kappa shape index (κ1) is 14.3. The highest BCUT2D eigenvalue weighted by molar-refractivity contribution is 7.18. The molecule has 1 atom stereocenters. The van der Waals surface area contributed by atoms with E-state index in [9.17, 15) is 0 Å². The first-order chi connectivity index (χ1) is 10.1. The minimum atomic E-state index is 0.228. The second-order valence-electron chi connectivity index (χ2n) is 5.04. The molecule has 0 aromatic carbocycles. The monoisotopic (exact) mass is 318 g/mol. The maximum atomic E-state index is 4.58. The topological polar surface area (TPSA) is 49.8 Å². The van der Waals surface area contributed by atoms with Gasteiger partial charge in [0, 0.05) is 21.7 Å². The molecule has 3 heterocycles. The Kier molecular flexibility index (Phi) is 3.82. The first-order valence-corrected chi connectivity index (χ1v) is 8.49. The van der Waals surface area contributed by atoms with E-state index in [-0.39, 0.29) is 6.04 Å². The van der Waals surface area contributed by atoms with Gasteiger partial charge in [-0.05, 0) is 39.0 Å². The smallest absolute Gasteiger partial charge is 0.225 e. The highest BCUT2D eigenvalue weighted by atomic mass is 32.1. The van der Waals surface area contributed by atoms with Crippen molar-refractivity contribution in [3.05, 3.63) is 32.8 Å². The average molecular weight is 318 g/mol. The predicted molar refractivity (Wildman–Crippen MR) is 92.8 cm³/mol. The molecule has 3 aromatic rings. The predicted octanol–water partition coefficient (Wildman–Crippen LogP) is 4.58. The molecule has 3 aromatic heterocycles. The number of aryl methyl sites for hydroxylation is 2. The highest BCUT2D eigenvalue weighted by Crippen LogP contribution is 2.32. The van der Waals surface area contributed by atoms with Gasteiger partial charge >= 0.3 is 0 Å². The lowest BCUT2D eigenvalue weighted by molar-refractivity contribution is 0.898. The van der Waals surface area contributed by atoms with Crippen molar-refractivity contribution in [3.8, 4) is 0 Å². The number of rotatable bonds is 4. The fraction of sp³-hybridized carbons (Fsp3) is 0.333. The zero-order valence-corrected chi connectivity index (χ0v) is 14.2. The maximum absolute atomic E-state index is 4.58. The fourth-order valence-electron chi connectivity index (χ4n) is 2.23. The van der Waals surface area contributed by atoms with Crippen molar-refractivity contribution in [2.45, 2.75) is 26.8 Å². The number of nitrogens with zero attached hydrogens (tertiary/aromatic N) is 2. The van der Waals surface area contributed by atoms with Crippen molar-refractivity contribution in [1.82, 2.24) is 9.97 Å². The average Bonchev–Trinajstić information content (AvgIpc) is 3.03. The molecule has 4 nitrogen and oxygen atoms in total. The van der Waals surface area contributed by atoms with Crippen LogP contribution in [-0.2, 0) is 0 Å². The summed E-state index contributed by atoms with van der Waals surface area (Å²) in [5.41, 5.74) is 0. The maximum Gasteiger partial charge on any atom is 0.225 e. The third-order valence-electron chi connectivity index (χ3n) is 3.28. The van der Waals surface area contributed by atoms with Crippen LogP contribution in [0.5, 0.6) is 0 Å². The minimum absolute atomic E-state index is 0.228. The van der Waals surface area contributed by atoms with Crippen molar-refractivity contribution in [1.29, 1.82) is 0 Å². The van der Waals surface area contributed by atoms with Crippen LogP contribution in [0.2, 0.25) is 0 Å². The van der Waals surface area contributed by atoms with Crippen molar-refractivity contribution < 1.29 is 0 Å². The molecule has 3 rings (SSSR count). The molecule has 0 aliphatic heterocycles. The van der Waals surface area contributed by atoms with Gasteiger partial charge in [-0.25, -0.2) is 4.98 Å². The van der Waals surface area contributed by atoms with Crippen LogP contribution in [-0.4, -0.2) is 17.0 Å². The number of fused-ring (bicyclic) bond motifs is 1. The van der Waals surface area contributed by atoms with E-state index < -0.39 is 0 Å². The van der Waals surface area contributed by atoms with E-state index in [1.165, 1.54) is 14.6 Å². The van der Waals surface area contributed by atoms with Crippen LogP contribution in [0.3, 0.4) is 0 Å². The Morgan fingerprint density at radius 3 is 2.57 bits per heavy atom. The SMILES string of the molecule is CNc1nc(NC(C)c2ccc(C)s2)c2cc(C)sc2n1. The van der Waals surface area contributed by atoms with Gasteiger partial charge < -0.3 is 10.6 Å². The number of hydrogen-bond acceptors (Lipinski definition) is 6. The third-order valence-corrected chi connectivity index (χ3v) is 5.41. The Morgan fingerprint density at radius 1 is 1.10 bits per heavy atom. The standard InChI is InChI=1S/C15H18N4S2/c1-8-5-6-12(20-8)10(3)17-13-11-7-9(2)21-14(11)19-15(16-4)18-13/h5-7,10H,1-4H3,(H2,16,17,18,19). The summed E-state index contributed by atoms with van der Waals surface area (Å²) in [6, 6.07) is 6.70. The molecule has 0 radical (unpaired) electrons. The van der Waals surface area contributed by atoms with E-state index in [4.69, 9.17) is 0 Å². The van der Waals surface area contributed by atoms with Gasteiger partial charge in [0.05, 0.1) is 11.4 Å². The van der Waals surface area contributed by atoms with Crippen molar-refractivity contribution in [2.24, 2.45) is 0 Å². The second kappa shape index (κ2) is 5.61. The van der Waals surface area contributed by atoms with E-state index in [2.05, 4.69) is 59.6 Å². The molecular formula is C15H18N4S2. The van der Waals surface area contributed by atoms with Crippen LogP contribution in [0, 0.1) is 13.8 Å². The largest absolute Gasteiger partial charge is 0.362 e. The highest BCUT2D eigenvalue weighted by Gasteiger charge is 2.14. The minimum Gasteiger partial charge on any atom is -0.362 e. The summed E-state index contributed by atoms with van der Waals surface area (Å²) in [5.74, 6) is 1.55. The number of hydrogen-bond donors (Lipinski definition) is 2. The molecule has 0 aliphatic carbocycles. The van der Waals surface area contributed by atoms with E-state index in [0.717, 1.165) is 16.0 Å². The fourth-order valence-corrected chi connectivity index (χ4v) is 3.99. The molecule has 0 fully saturated rings. The summed E-state index contributed by atoms with van der Waals surface area (Å²) in [7, 11) is 1.84. The van der Waals surface area contributed by atoms with Crippen LogP contribution >= 0.6 is 22.7 Å². The van der Waals surface area contributed by atoms with E-state index >= 15 is 0 Å². The number of thiophene rings is 2. The summed E-state index contributed by atoms with van der Waals surface area (Å²) < 4.78 is 0. The Balaban J connectivity index is 1.98. The lowest BCUT2D eigenvalue weighted by Gasteiger charge is -2.14. The van der Waals surface area contributed by atoms with E-state index in [1.807, 2.05) is 18.4 Å². The molecule has 0 bridgehead atoms. The lowest BCUT2D eigenvalue weighted by atomic mass is 10.2. The van der Waals surface area contributed by atoms with Gasteiger partial charge in [0.15, 0.2) is 0 Å². The molecule has 6 heteroatoms. The Labute approximate surface area is 132 Å². The van der Waals surface area contributed by atoms with Gasteiger partial charge in [-0.1, -0.05) is 0 Å². The van der Waals surface area contributed by atoms with Crippen molar-refractivity contribution in [3.63, 3.8) is 0 Å². The Hall–Kier alpha value is -1.66. The summed E-state index contributed by atoms with van der Waals surface area (Å²) >= 11 is 3.51. The third kappa shape index (κ3) is 2.87. The van der Waals surface area contributed by atoms with Gasteiger partial charge in [-0.2, -0.15) is 4.98 Å². The van der Waals surface area contributed by atoms with Gasteiger partial charge in [0.25, 0.3) is 0 Å². The molecule has 0 spiro atoms. The molecule has 0 amide bonds. The second-order valence-corrected chi connectivity index (χ2v) is 7.59. The van der Waals surface area contributed by atoms with Crippen LogP contribution in [0.1, 0.15) is 27.6 Å². The molecule has 110 valence electrons.